The van der Waals surface area contributed by atoms with Crippen LogP contribution in [0.5, 0.6) is 0 Å². The van der Waals surface area contributed by atoms with Crippen molar-refractivity contribution in [3.8, 4) is 0 Å². The van der Waals surface area contributed by atoms with Crippen LogP contribution < -0.4 is 5.32 Å². The van der Waals surface area contributed by atoms with E-state index in [4.69, 9.17) is 0 Å². The topological polar surface area (TPSA) is 42.0 Å². The number of nitrogens with zero attached hydrogens (tertiary/aromatic N) is 1. The van der Waals surface area contributed by atoms with Gasteiger partial charge in [0, 0.05) is 11.6 Å². The van der Waals surface area contributed by atoms with Crippen molar-refractivity contribution in [2.24, 2.45) is 0 Å². The van der Waals surface area contributed by atoms with Crippen molar-refractivity contribution in [3.63, 3.8) is 0 Å². The summed E-state index contributed by atoms with van der Waals surface area (Å²) in [5, 5.41) is 6.06. The van der Waals surface area contributed by atoms with Crippen molar-refractivity contribution in [2.75, 3.05) is 5.32 Å². The van der Waals surface area contributed by atoms with Gasteiger partial charge >= 0.3 is 0 Å². The molecule has 3 aromatic carbocycles. The number of benzene rings is 3. The molecule has 1 heterocycles. The highest BCUT2D eigenvalue weighted by Crippen LogP contribution is 2.25. The first-order chi connectivity index (χ1) is 11.7. The summed E-state index contributed by atoms with van der Waals surface area (Å²) in [7, 11) is 0. The molecule has 1 N–H and O–H groups in total. The lowest BCUT2D eigenvalue weighted by Crippen LogP contribution is -2.14. The standard InChI is InChI=1S/C21H16N2O/c1-14-11-12-15-6-2-3-9-17(15)19(14)21(24)23-18-10-4-7-16-8-5-13-22-20(16)18/h2-13H,1H3,(H,23,24). The molecule has 1 aromatic heterocycles. The third kappa shape index (κ3) is 2.40. The van der Waals surface area contributed by atoms with Gasteiger partial charge in [-0.25, -0.2) is 0 Å². The van der Waals surface area contributed by atoms with E-state index in [-0.39, 0.29) is 5.91 Å². The minimum atomic E-state index is -0.109. The SMILES string of the molecule is Cc1ccc2ccccc2c1C(=O)Nc1cccc2cccnc12. The molecular weight excluding hydrogens is 296 g/mol. The highest BCUT2D eigenvalue weighted by molar-refractivity contribution is 6.15. The van der Waals surface area contributed by atoms with Crippen molar-refractivity contribution in [1.82, 2.24) is 4.98 Å². The van der Waals surface area contributed by atoms with E-state index in [1.165, 1.54) is 0 Å². The van der Waals surface area contributed by atoms with Crippen LogP contribution in [0.3, 0.4) is 0 Å². The Balaban J connectivity index is 1.81. The van der Waals surface area contributed by atoms with Gasteiger partial charge in [-0.15, -0.1) is 0 Å². The number of pyridine rings is 1. The molecule has 0 saturated carbocycles. The molecule has 3 nitrogen and oxygen atoms in total. The fraction of sp³-hybridized carbons (Fsp3) is 0.0476. The summed E-state index contributed by atoms with van der Waals surface area (Å²) in [4.78, 5) is 17.4. The Bertz CT molecular complexity index is 1060. The van der Waals surface area contributed by atoms with E-state index < -0.39 is 0 Å². The largest absolute Gasteiger partial charge is 0.320 e. The van der Waals surface area contributed by atoms with E-state index in [0.29, 0.717) is 5.56 Å². The Kier molecular flexibility index (Phi) is 3.47. The number of amides is 1. The molecular formula is C21H16N2O. The smallest absolute Gasteiger partial charge is 0.256 e. The number of hydrogen-bond acceptors (Lipinski definition) is 2. The molecule has 24 heavy (non-hydrogen) atoms. The number of hydrogen-bond donors (Lipinski definition) is 1. The molecule has 0 fully saturated rings. The molecule has 1 amide bonds. The van der Waals surface area contributed by atoms with Gasteiger partial charge in [-0.05, 0) is 35.4 Å². The fourth-order valence-electron chi connectivity index (χ4n) is 3.07. The minimum absolute atomic E-state index is 0.109. The zero-order valence-electron chi connectivity index (χ0n) is 13.3. The molecule has 0 saturated heterocycles. The normalized spacial score (nSPS) is 10.9. The summed E-state index contributed by atoms with van der Waals surface area (Å²) in [5.41, 5.74) is 3.19. The van der Waals surface area contributed by atoms with Crippen LogP contribution in [-0.4, -0.2) is 10.9 Å². The summed E-state index contributed by atoms with van der Waals surface area (Å²) in [5.74, 6) is -0.109. The molecule has 0 atom stereocenters. The number of fused-ring (bicyclic) bond motifs is 2. The van der Waals surface area contributed by atoms with Crippen LogP contribution in [-0.2, 0) is 0 Å². The molecule has 0 aliphatic carbocycles. The van der Waals surface area contributed by atoms with Gasteiger partial charge in [0.2, 0.25) is 0 Å². The zero-order chi connectivity index (χ0) is 16.5. The maximum atomic E-state index is 13.0. The highest BCUT2D eigenvalue weighted by Gasteiger charge is 2.14. The van der Waals surface area contributed by atoms with Crippen molar-refractivity contribution >= 4 is 33.3 Å². The van der Waals surface area contributed by atoms with Crippen LogP contribution in [0.25, 0.3) is 21.7 Å². The summed E-state index contributed by atoms with van der Waals surface area (Å²) >= 11 is 0. The average molecular weight is 312 g/mol. The van der Waals surface area contributed by atoms with Crippen molar-refractivity contribution in [3.05, 3.63) is 84.1 Å². The van der Waals surface area contributed by atoms with Gasteiger partial charge < -0.3 is 5.32 Å². The Labute approximate surface area is 140 Å². The maximum Gasteiger partial charge on any atom is 0.256 e. The Morgan fingerprint density at radius 2 is 1.67 bits per heavy atom. The van der Waals surface area contributed by atoms with Crippen LogP contribution in [0, 0.1) is 6.92 Å². The van der Waals surface area contributed by atoms with Crippen LogP contribution in [0.1, 0.15) is 15.9 Å². The molecule has 0 radical (unpaired) electrons. The number of rotatable bonds is 2. The van der Waals surface area contributed by atoms with E-state index in [2.05, 4.69) is 10.3 Å². The lowest BCUT2D eigenvalue weighted by Gasteiger charge is -2.12. The first-order valence-electron chi connectivity index (χ1n) is 7.87. The molecule has 0 aliphatic heterocycles. The monoisotopic (exact) mass is 312 g/mol. The maximum absolute atomic E-state index is 13.0. The van der Waals surface area contributed by atoms with E-state index >= 15 is 0 Å². The number of carbonyl (C=O) groups excluding carboxylic acids is 1. The van der Waals surface area contributed by atoms with Crippen molar-refractivity contribution in [1.29, 1.82) is 0 Å². The van der Waals surface area contributed by atoms with E-state index in [9.17, 15) is 4.79 Å². The third-order valence-electron chi connectivity index (χ3n) is 4.25. The zero-order valence-corrected chi connectivity index (χ0v) is 13.3. The molecule has 0 spiro atoms. The Morgan fingerprint density at radius 3 is 2.58 bits per heavy atom. The number of aromatic nitrogens is 1. The molecule has 4 rings (SSSR count). The molecule has 3 heteroatoms. The van der Waals surface area contributed by atoms with E-state index in [1.807, 2.05) is 73.7 Å². The van der Waals surface area contributed by atoms with Gasteiger partial charge in [0.1, 0.15) is 0 Å². The predicted octanol–water partition coefficient (Wildman–Crippen LogP) is 4.95. The second-order valence-electron chi connectivity index (χ2n) is 5.81. The van der Waals surface area contributed by atoms with E-state index in [0.717, 1.165) is 32.9 Å². The minimum Gasteiger partial charge on any atom is -0.320 e. The summed E-state index contributed by atoms with van der Waals surface area (Å²) in [6.07, 6.45) is 1.74. The van der Waals surface area contributed by atoms with Gasteiger partial charge in [-0.2, -0.15) is 0 Å². The number of carbonyl (C=O) groups is 1. The first-order valence-corrected chi connectivity index (χ1v) is 7.87. The van der Waals surface area contributed by atoms with Gasteiger partial charge in [-0.1, -0.05) is 54.6 Å². The van der Waals surface area contributed by atoms with Crippen LogP contribution >= 0.6 is 0 Å². The summed E-state index contributed by atoms with van der Waals surface area (Å²) in [6.45, 7) is 1.96. The molecule has 0 unspecified atom stereocenters. The Morgan fingerprint density at radius 1 is 0.875 bits per heavy atom. The van der Waals surface area contributed by atoms with Crippen LogP contribution in [0.15, 0.2) is 72.9 Å². The van der Waals surface area contributed by atoms with Crippen molar-refractivity contribution in [2.45, 2.75) is 6.92 Å². The Hall–Kier alpha value is -3.20. The third-order valence-corrected chi connectivity index (χ3v) is 4.25. The second kappa shape index (κ2) is 5.78. The highest BCUT2D eigenvalue weighted by atomic mass is 16.1. The second-order valence-corrected chi connectivity index (χ2v) is 5.81. The van der Waals surface area contributed by atoms with Gasteiger partial charge in [0.15, 0.2) is 0 Å². The lowest BCUT2D eigenvalue weighted by molar-refractivity contribution is 0.102. The summed E-state index contributed by atoms with van der Waals surface area (Å²) in [6, 6.07) is 21.6. The predicted molar refractivity (Wildman–Crippen MR) is 98.4 cm³/mol. The molecule has 116 valence electrons. The number of nitrogens with one attached hydrogen (secondary N) is 1. The lowest BCUT2D eigenvalue weighted by atomic mass is 9.99. The number of para-hydroxylation sites is 1. The van der Waals surface area contributed by atoms with Gasteiger partial charge in [0.05, 0.1) is 16.8 Å². The molecule has 0 aliphatic rings. The molecule has 0 bridgehead atoms. The number of anilines is 1. The fourth-order valence-corrected chi connectivity index (χ4v) is 3.07. The van der Waals surface area contributed by atoms with E-state index in [1.54, 1.807) is 6.20 Å². The average Bonchev–Trinajstić information content (AvgIpc) is 2.62. The van der Waals surface area contributed by atoms with Crippen molar-refractivity contribution < 1.29 is 4.79 Å². The van der Waals surface area contributed by atoms with Crippen LogP contribution in [0.2, 0.25) is 0 Å². The number of aryl methyl sites for hydroxylation is 1. The van der Waals surface area contributed by atoms with Crippen LogP contribution in [0.4, 0.5) is 5.69 Å². The quantitative estimate of drug-likeness (QED) is 0.569. The first kappa shape index (κ1) is 14.4. The van der Waals surface area contributed by atoms with Gasteiger partial charge in [0.25, 0.3) is 5.91 Å². The summed E-state index contributed by atoms with van der Waals surface area (Å²) < 4.78 is 0. The molecule has 4 aromatic rings. The van der Waals surface area contributed by atoms with Gasteiger partial charge in [-0.3, -0.25) is 9.78 Å².